The molecule has 1 aliphatic rings. The van der Waals surface area contributed by atoms with Gasteiger partial charge in [0.05, 0.1) is 25.8 Å². The highest BCUT2D eigenvalue weighted by atomic mass is 16.5. The second kappa shape index (κ2) is 8.61. The Morgan fingerprint density at radius 3 is 2.63 bits per heavy atom. The number of hydrogen-bond acceptors (Lipinski definition) is 4. The second-order valence-corrected chi connectivity index (χ2v) is 7.57. The number of aromatic nitrogens is 2. The van der Waals surface area contributed by atoms with Gasteiger partial charge in [0, 0.05) is 36.6 Å². The number of piperidine rings is 1. The molecule has 156 valence electrons. The van der Waals surface area contributed by atoms with E-state index in [9.17, 15) is 4.79 Å². The third kappa shape index (κ3) is 3.77. The predicted molar refractivity (Wildman–Crippen MR) is 116 cm³/mol. The average Bonchev–Trinajstić information content (AvgIpc) is 3.20. The SMILES string of the molecule is COc1ccc(C(=O)N2CCCC(n3c(C)cnc3-c3ccccc3)C2)c(OC)c1. The molecule has 2 heterocycles. The Kier molecular flexibility index (Phi) is 5.74. The van der Waals surface area contributed by atoms with Gasteiger partial charge in [0.2, 0.25) is 0 Å². The third-order valence-electron chi connectivity index (χ3n) is 5.70. The predicted octanol–water partition coefficient (Wildman–Crippen LogP) is 4.35. The van der Waals surface area contributed by atoms with Crippen LogP contribution in [0.2, 0.25) is 0 Å². The number of imidazole rings is 1. The van der Waals surface area contributed by atoms with E-state index < -0.39 is 0 Å². The first kappa shape index (κ1) is 20.0. The van der Waals surface area contributed by atoms with Crippen LogP contribution in [0.4, 0.5) is 0 Å². The second-order valence-electron chi connectivity index (χ2n) is 7.57. The molecule has 0 spiro atoms. The largest absolute Gasteiger partial charge is 0.497 e. The van der Waals surface area contributed by atoms with Crippen LogP contribution in [0, 0.1) is 6.92 Å². The monoisotopic (exact) mass is 405 g/mol. The quantitative estimate of drug-likeness (QED) is 0.633. The van der Waals surface area contributed by atoms with Crippen LogP contribution in [0.1, 0.15) is 34.9 Å². The van der Waals surface area contributed by atoms with Gasteiger partial charge in [-0.1, -0.05) is 30.3 Å². The highest BCUT2D eigenvalue weighted by Gasteiger charge is 2.29. The van der Waals surface area contributed by atoms with Crippen molar-refractivity contribution in [1.82, 2.24) is 14.5 Å². The standard InChI is InChI=1S/C24H27N3O3/c1-17-15-25-23(18-8-5-4-6-9-18)27(17)19-10-7-13-26(16-19)24(28)21-12-11-20(29-2)14-22(21)30-3/h4-6,8-9,11-12,14-15,19H,7,10,13,16H2,1-3H3. The van der Waals surface area contributed by atoms with Crippen LogP contribution in [-0.2, 0) is 0 Å². The number of methoxy groups -OCH3 is 2. The van der Waals surface area contributed by atoms with E-state index in [0.717, 1.165) is 36.5 Å². The molecule has 1 atom stereocenters. The van der Waals surface area contributed by atoms with Crippen LogP contribution in [0.15, 0.2) is 54.7 Å². The molecule has 4 rings (SSSR count). The van der Waals surface area contributed by atoms with E-state index >= 15 is 0 Å². The molecule has 1 saturated heterocycles. The zero-order valence-corrected chi connectivity index (χ0v) is 17.7. The van der Waals surface area contributed by atoms with E-state index in [0.29, 0.717) is 23.6 Å². The van der Waals surface area contributed by atoms with Gasteiger partial charge in [-0.15, -0.1) is 0 Å². The Bertz CT molecular complexity index is 1030. The van der Waals surface area contributed by atoms with Crippen molar-refractivity contribution in [3.8, 4) is 22.9 Å². The van der Waals surface area contributed by atoms with E-state index in [1.54, 1.807) is 32.4 Å². The van der Waals surface area contributed by atoms with Gasteiger partial charge in [-0.05, 0) is 31.9 Å². The van der Waals surface area contributed by atoms with Crippen molar-refractivity contribution in [1.29, 1.82) is 0 Å². The highest BCUT2D eigenvalue weighted by molar-refractivity contribution is 5.97. The first-order chi connectivity index (χ1) is 14.6. The van der Waals surface area contributed by atoms with Gasteiger partial charge >= 0.3 is 0 Å². The maximum absolute atomic E-state index is 13.3. The van der Waals surface area contributed by atoms with Crippen molar-refractivity contribution in [2.24, 2.45) is 0 Å². The molecule has 0 bridgehead atoms. The van der Waals surface area contributed by atoms with Crippen LogP contribution in [0.5, 0.6) is 11.5 Å². The molecule has 3 aromatic rings. The minimum Gasteiger partial charge on any atom is -0.497 e. The van der Waals surface area contributed by atoms with Gasteiger partial charge in [0.1, 0.15) is 17.3 Å². The molecule has 1 aliphatic heterocycles. The molecule has 2 aromatic carbocycles. The van der Waals surface area contributed by atoms with Crippen LogP contribution in [0.25, 0.3) is 11.4 Å². The van der Waals surface area contributed by atoms with Gasteiger partial charge in [-0.2, -0.15) is 0 Å². The number of carbonyl (C=O) groups excluding carboxylic acids is 1. The summed E-state index contributed by atoms with van der Waals surface area (Å²) in [7, 11) is 3.18. The average molecular weight is 405 g/mol. The molecular weight excluding hydrogens is 378 g/mol. The maximum Gasteiger partial charge on any atom is 0.257 e. The van der Waals surface area contributed by atoms with Crippen LogP contribution < -0.4 is 9.47 Å². The number of rotatable bonds is 5. The van der Waals surface area contributed by atoms with E-state index in [2.05, 4.69) is 28.6 Å². The molecule has 1 fully saturated rings. The molecule has 6 heteroatoms. The van der Waals surface area contributed by atoms with E-state index in [4.69, 9.17) is 9.47 Å². The normalized spacial score (nSPS) is 16.4. The summed E-state index contributed by atoms with van der Waals surface area (Å²) in [4.78, 5) is 19.9. The topological polar surface area (TPSA) is 56.6 Å². The van der Waals surface area contributed by atoms with Gasteiger partial charge in [0.15, 0.2) is 0 Å². The Balaban J connectivity index is 1.61. The van der Waals surface area contributed by atoms with E-state index in [1.807, 2.05) is 29.3 Å². The fourth-order valence-corrected chi connectivity index (χ4v) is 4.20. The maximum atomic E-state index is 13.3. The summed E-state index contributed by atoms with van der Waals surface area (Å²) in [6, 6.07) is 15.7. The zero-order chi connectivity index (χ0) is 21.1. The summed E-state index contributed by atoms with van der Waals surface area (Å²) in [5.41, 5.74) is 2.76. The van der Waals surface area contributed by atoms with E-state index in [1.165, 1.54) is 0 Å². The summed E-state index contributed by atoms with van der Waals surface area (Å²) in [6.45, 7) is 3.46. The van der Waals surface area contributed by atoms with Crippen LogP contribution in [0.3, 0.4) is 0 Å². The molecular formula is C24H27N3O3. The molecule has 30 heavy (non-hydrogen) atoms. The molecule has 1 amide bonds. The molecule has 1 aromatic heterocycles. The first-order valence-electron chi connectivity index (χ1n) is 10.2. The first-order valence-corrected chi connectivity index (χ1v) is 10.2. The molecule has 1 unspecified atom stereocenters. The number of amides is 1. The molecule has 0 saturated carbocycles. The number of nitrogens with zero attached hydrogens (tertiary/aromatic N) is 3. The van der Waals surface area contributed by atoms with Crippen molar-refractivity contribution in [2.45, 2.75) is 25.8 Å². The summed E-state index contributed by atoms with van der Waals surface area (Å²) in [5, 5.41) is 0. The van der Waals surface area contributed by atoms with E-state index in [-0.39, 0.29) is 11.9 Å². The van der Waals surface area contributed by atoms with Gasteiger partial charge in [-0.3, -0.25) is 4.79 Å². The van der Waals surface area contributed by atoms with Crippen molar-refractivity contribution in [3.05, 3.63) is 66.0 Å². The number of likely N-dealkylation sites (tertiary alicyclic amines) is 1. The fraction of sp³-hybridized carbons (Fsp3) is 0.333. The third-order valence-corrected chi connectivity index (χ3v) is 5.70. The molecule has 0 aliphatic carbocycles. The Morgan fingerprint density at radius 1 is 1.10 bits per heavy atom. The van der Waals surface area contributed by atoms with Crippen molar-refractivity contribution < 1.29 is 14.3 Å². The lowest BCUT2D eigenvalue weighted by Crippen LogP contribution is -2.41. The fourth-order valence-electron chi connectivity index (χ4n) is 4.20. The smallest absolute Gasteiger partial charge is 0.257 e. The van der Waals surface area contributed by atoms with Gasteiger partial charge < -0.3 is 18.9 Å². The number of benzene rings is 2. The Hall–Kier alpha value is -3.28. The lowest BCUT2D eigenvalue weighted by molar-refractivity contribution is 0.0675. The Morgan fingerprint density at radius 2 is 1.90 bits per heavy atom. The summed E-state index contributed by atoms with van der Waals surface area (Å²) < 4.78 is 13.0. The summed E-state index contributed by atoms with van der Waals surface area (Å²) in [5.74, 6) is 2.14. The molecule has 0 radical (unpaired) electrons. The lowest BCUT2D eigenvalue weighted by Gasteiger charge is -2.35. The van der Waals surface area contributed by atoms with Crippen LogP contribution >= 0.6 is 0 Å². The Labute approximate surface area is 177 Å². The lowest BCUT2D eigenvalue weighted by atomic mass is 10.0. The van der Waals surface area contributed by atoms with Gasteiger partial charge in [0.25, 0.3) is 5.91 Å². The summed E-state index contributed by atoms with van der Waals surface area (Å²) in [6.07, 6.45) is 3.87. The van der Waals surface area contributed by atoms with Gasteiger partial charge in [-0.25, -0.2) is 4.98 Å². The summed E-state index contributed by atoms with van der Waals surface area (Å²) >= 11 is 0. The van der Waals surface area contributed by atoms with Crippen molar-refractivity contribution in [3.63, 3.8) is 0 Å². The van der Waals surface area contributed by atoms with Crippen molar-refractivity contribution >= 4 is 5.91 Å². The minimum atomic E-state index is -0.0155. The number of hydrogen-bond donors (Lipinski definition) is 0. The zero-order valence-electron chi connectivity index (χ0n) is 17.7. The van der Waals surface area contributed by atoms with Crippen LogP contribution in [-0.4, -0.2) is 47.7 Å². The van der Waals surface area contributed by atoms with Crippen molar-refractivity contribution in [2.75, 3.05) is 27.3 Å². The molecule has 0 N–H and O–H groups in total. The number of carbonyl (C=O) groups is 1. The number of ether oxygens (including phenoxy) is 2. The number of aryl methyl sites for hydroxylation is 1. The minimum absolute atomic E-state index is 0.0155. The molecule has 6 nitrogen and oxygen atoms in total. The highest BCUT2D eigenvalue weighted by Crippen LogP contribution is 2.31.